The molecule has 3 aromatic rings. The molecule has 2 aromatic heterocycles. The van der Waals surface area contributed by atoms with Crippen molar-refractivity contribution in [2.45, 2.75) is 0 Å². The van der Waals surface area contributed by atoms with E-state index in [9.17, 15) is 0 Å². The van der Waals surface area contributed by atoms with E-state index in [1.54, 1.807) is 6.20 Å². The molecule has 0 bridgehead atoms. The van der Waals surface area contributed by atoms with Crippen molar-refractivity contribution in [3.63, 3.8) is 0 Å². The lowest BCUT2D eigenvalue weighted by atomic mass is 10.2. The molecule has 96 valence electrons. The molecule has 0 atom stereocenters. The van der Waals surface area contributed by atoms with Gasteiger partial charge in [-0.2, -0.15) is 0 Å². The Morgan fingerprint density at radius 2 is 1.89 bits per heavy atom. The van der Waals surface area contributed by atoms with E-state index in [0.717, 1.165) is 27.7 Å². The summed E-state index contributed by atoms with van der Waals surface area (Å²) in [5, 5.41) is 0.721. The number of rotatable bonds is 2. The first-order valence-corrected chi connectivity index (χ1v) is 6.30. The first-order chi connectivity index (χ1) is 9.16. The van der Waals surface area contributed by atoms with Crippen LogP contribution in [0.2, 0.25) is 5.02 Å². The number of aromatic nitrogens is 3. The van der Waals surface area contributed by atoms with Crippen LogP contribution >= 0.6 is 11.6 Å². The van der Waals surface area contributed by atoms with E-state index in [0.29, 0.717) is 0 Å². The molecule has 0 radical (unpaired) electrons. The summed E-state index contributed by atoms with van der Waals surface area (Å²) in [4.78, 5) is 10.8. The standard InChI is InChI=1S/C14H13ClN4/c1-18(2)14-12-9-16-7-8-19(12)13(17-14)10-3-5-11(15)6-4-10/h3-9H,1-2H3. The Labute approximate surface area is 116 Å². The van der Waals surface area contributed by atoms with Gasteiger partial charge in [0.1, 0.15) is 11.3 Å². The Hall–Kier alpha value is -2.07. The summed E-state index contributed by atoms with van der Waals surface area (Å²) in [5.41, 5.74) is 2.01. The fraction of sp³-hybridized carbons (Fsp3) is 0.143. The summed E-state index contributed by atoms with van der Waals surface area (Å²) in [6.45, 7) is 0. The molecule has 4 nitrogen and oxygen atoms in total. The van der Waals surface area contributed by atoms with Crippen LogP contribution < -0.4 is 4.90 Å². The van der Waals surface area contributed by atoms with Crippen molar-refractivity contribution in [3.05, 3.63) is 47.9 Å². The number of imidazole rings is 1. The van der Waals surface area contributed by atoms with Crippen molar-refractivity contribution in [3.8, 4) is 11.4 Å². The number of hydrogen-bond donors (Lipinski definition) is 0. The van der Waals surface area contributed by atoms with Gasteiger partial charge in [0.25, 0.3) is 0 Å². The highest BCUT2D eigenvalue weighted by molar-refractivity contribution is 6.30. The normalized spacial score (nSPS) is 10.9. The Kier molecular flexibility index (Phi) is 2.87. The third kappa shape index (κ3) is 2.04. The minimum atomic E-state index is 0.721. The molecule has 2 heterocycles. The minimum absolute atomic E-state index is 0.721. The van der Waals surface area contributed by atoms with Gasteiger partial charge < -0.3 is 4.90 Å². The van der Waals surface area contributed by atoms with Gasteiger partial charge in [0.2, 0.25) is 0 Å². The van der Waals surface area contributed by atoms with Crippen molar-refractivity contribution in [1.82, 2.24) is 14.4 Å². The smallest absolute Gasteiger partial charge is 0.156 e. The number of fused-ring (bicyclic) bond motifs is 1. The van der Waals surface area contributed by atoms with Crippen LogP contribution in [0.25, 0.3) is 16.9 Å². The molecule has 5 heteroatoms. The van der Waals surface area contributed by atoms with E-state index in [1.165, 1.54) is 0 Å². The molecule has 3 rings (SSSR count). The number of nitrogens with zero attached hydrogens (tertiary/aromatic N) is 4. The van der Waals surface area contributed by atoms with Gasteiger partial charge in [-0.05, 0) is 24.3 Å². The Morgan fingerprint density at radius 1 is 1.16 bits per heavy atom. The second kappa shape index (κ2) is 4.55. The zero-order chi connectivity index (χ0) is 13.4. The largest absolute Gasteiger partial charge is 0.361 e. The molecule has 0 saturated heterocycles. The van der Waals surface area contributed by atoms with E-state index in [4.69, 9.17) is 16.6 Å². The third-order valence-electron chi connectivity index (χ3n) is 2.95. The topological polar surface area (TPSA) is 33.4 Å². The lowest BCUT2D eigenvalue weighted by Crippen LogP contribution is -2.09. The zero-order valence-corrected chi connectivity index (χ0v) is 11.5. The summed E-state index contributed by atoms with van der Waals surface area (Å²) in [5.74, 6) is 1.79. The fourth-order valence-corrected chi connectivity index (χ4v) is 2.18. The maximum atomic E-state index is 5.93. The second-order valence-corrected chi connectivity index (χ2v) is 4.93. The molecule has 0 saturated carbocycles. The van der Waals surface area contributed by atoms with Crippen molar-refractivity contribution in [1.29, 1.82) is 0 Å². The minimum Gasteiger partial charge on any atom is -0.361 e. The zero-order valence-electron chi connectivity index (χ0n) is 10.7. The van der Waals surface area contributed by atoms with Crippen LogP contribution in [0.4, 0.5) is 5.82 Å². The van der Waals surface area contributed by atoms with E-state index >= 15 is 0 Å². The average Bonchev–Trinajstić information content (AvgIpc) is 2.79. The molecule has 1 aromatic carbocycles. The molecule has 0 aliphatic rings. The lowest BCUT2D eigenvalue weighted by molar-refractivity contribution is 1.09. The predicted octanol–water partition coefficient (Wildman–Crippen LogP) is 3.12. The van der Waals surface area contributed by atoms with Gasteiger partial charge in [-0.3, -0.25) is 9.38 Å². The van der Waals surface area contributed by atoms with Gasteiger partial charge in [0.15, 0.2) is 5.82 Å². The number of halogens is 1. The van der Waals surface area contributed by atoms with Crippen molar-refractivity contribution >= 4 is 22.9 Å². The molecule has 0 spiro atoms. The van der Waals surface area contributed by atoms with Crippen LogP contribution in [-0.4, -0.2) is 28.5 Å². The maximum absolute atomic E-state index is 5.93. The van der Waals surface area contributed by atoms with Crippen LogP contribution in [0.5, 0.6) is 0 Å². The highest BCUT2D eigenvalue weighted by Gasteiger charge is 2.13. The average molecular weight is 273 g/mol. The summed E-state index contributed by atoms with van der Waals surface area (Å²) < 4.78 is 2.03. The quantitative estimate of drug-likeness (QED) is 0.719. The van der Waals surface area contributed by atoms with Crippen LogP contribution in [0.3, 0.4) is 0 Å². The fourth-order valence-electron chi connectivity index (χ4n) is 2.05. The molecular formula is C14H13ClN4. The number of hydrogen-bond acceptors (Lipinski definition) is 3. The molecule has 0 aliphatic carbocycles. The number of anilines is 1. The SMILES string of the molecule is CN(C)c1nc(-c2ccc(Cl)cc2)n2ccncc12. The van der Waals surface area contributed by atoms with Gasteiger partial charge in [0, 0.05) is 37.1 Å². The maximum Gasteiger partial charge on any atom is 0.156 e. The lowest BCUT2D eigenvalue weighted by Gasteiger charge is -2.07. The van der Waals surface area contributed by atoms with Crippen molar-refractivity contribution in [2.75, 3.05) is 19.0 Å². The summed E-state index contributed by atoms with van der Waals surface area (Å²) in [7, 11) is 3.95. The van der Waals surface area contributed by atoms with E-state index in [-0.39, 0.29) is 0 Å². The van der Waals surface area contributed by atoms with Crippen molar-refractivity contribution < 1.29 is 0 Å². The first-order valence-electron chi connectivity index (χ1n) is 5.92. The Bertz CT molecular complexity index is 716. The molecule has 0 N–H and O–H groups in total. The van der Waals surface area contributed by atoms with E-state index in [2.05, 4.69) is 4.98 Å². The second-order valence-electron chi connectivity index (χ2n) is 4.49. The molecule has 19 heavy (non-hydrogen) atoms. The number of benzene rings is 1. The highest BCUT2D eigenvalue weighted by Crippen LogP contribution is 2.27. The molecular weight excluding hydrogens is 260 g/mol. The van der Waals surface area contributed by atoms with Crippen LogP contribution in [0.15, 0.2) is 42.9 Å². The van der Waals surface area contributed by atoms with Gasteiger partial charge >= 0.3 is 0 Å². The molecule has 0 fully saturated rings. The Morgan fingerprint density at radius 3 is 2.58 bits per heavy atom. The Balaban J connectivity index is 2.26. The third-order valence-corrected chi connectivity index (χ3v) is 3.21. The van der Waals surface area contributed by atoms with Gasteiger partial charge in [0.05, 0.1) is 6.20 Å². The first kappa shape index (κ1) is 12.0. The van der Waals surface area contributed by atoms with Crippen LogP contribution in [0.1, 0.15) is 0 Å². The highest BCUT2D eigenvalue weighted by atomic mass is 35.5. The van der Waals surface area contributed by atoms with Crippen LogP contribution in [0, 0.1) is 0 Å². The van der Waals surface area contributed by atoms with E-state index < -0.39 is 0 Å². The predicted molar refractivity (Wildman–Crippen MR) is 77.8 cm³/mol. The van der Waals surface area contributed by atoms with E-state index in [1.807, 2.05) is 60.1 Å². The van der Waals surface area contributed by atoms with Crippen molar-refractivity contribution in [2.24, 2.45) is 0 Å². The summed E-state index contributed by atoms with van der Waals surface area (Å²) in [6, 6.07) is 7.68. The summed E-state index contributed by atoms with van der Waals surface area (Å²) in [6.07, 6.45) is 5.49. The molecule has 0 aliphatic heterocycles. The summed E-state index contributed by atoms with van der Waals surface area (Å²) >= 11 is 5.93. The molecule has 0 amide bonds. The molecule has 0 unspecified atom stereocenters. The van der Waals surface area contributed by atoms with Gasteiger partial charge in [-0.25, -0.2) is 4.98 Å². The van der Waals surface area contributed by atoms with Gasteiger partial charge in [-0.1, -0.05) is 11.6 Å². The van der Waals surface area contributed by atoms with Crippen LogP contribution in [-0.2, 0) is 0 Å². The monoisotopic (exact) mass is 272 g/mol. The van der Waals surface area contributed by atoms with Gasteiger partial charge in [-0.15, -0.1) is 0 Å².